The minimum atomic E-state index is -1.05. The number of anilines is 1. The molecule has 2 fully saturated rings. The lowest BCUT2D eigenvalue weighted by Gasteiger charge is -2.63. The van der Waals surface area contributed by atoms with Crippen LogP contribution in [0.4, 0.5) is 14.5 Å². The third kappa shape index (κ3) is 7.13. The molecular weight excluding hydrogens is 722 g/mol. The SMILES string of the molecule is CC1(C)[C@H](NC(=O)c2c(F)cc(CCNCCNc3ccc4c(c3)C(=O)N(C3CCC(=O)NC3=O)C4=O)cc2F)C(C)(C)[C@H]1Oc1ccc(C#N)c(Cl)c1. The van der Waals surface area contributed by atoms with Crippen molar-refractivity contribution in [3.63, 3.8) is 0 Å². The van der Waals surface area contributed by atoms with E-state index in [0.29, 0.717) is 42.2 Å². The Morgan fingerprint density at radius 2 is 1.65 bits per heavy atom. The van der Waals surface area contributed by atoms with Gasteiger partial charge in [0, 0.05) is 48.1 Å². The Morgan fingerprint density at radius 1 is 0.963 bits per heavy atom. The number of piperidine rings is 1. The van der Waals surface area contributed by atoms with Gasteiger partial charge in [-0.2, -0.15) is 5.26 Å². The number of amides is 5. The van der Waals surface area contributed by atoms with Gasteiger partial charge in [-0.05, 0) is 67.4 Å². The summed E-state index contributed by atoms with van der Waals surface area (Å²) in [5.74, 6) is -4.66. The van der Waals surface area contributed by atoms with Gasteiger partial charge in [0.25, 0.3) is 17.7 Å². The van der Waals surface area contributed by atoms with Crippen molar-refractivity contribution in [1.29, 1.82) is 5.26 Å². The fourth-order valence-corrected chi connectivity index (χ4v) is 8.23. The van der Waals surface area contributed by atoms with Crippen molar-refractivity contribution in [2.45, 2.75) is 65.1 Å². The third-order valence-electron chi connectivity index (χ3n) is 10.4. The highest BCUT2D eigenvalue weighted by Gasteiger charge is 2.64. The number of nitriles is 1. The Morgan fingerprint density at radius 3 is 2.30 bits per heavy atom. The van der Waals surface area contributed by atoms with Crippen LogP contribution in [-0.2, 0) is 16.0 Å². The molecule has 1 unspecified atom stereocenters. The summed E-state index contributed by atoms with van der Waals surface area (Å²) in [6, 6.07) is 12.2. The normalized spacial score (nSPS) is 21.1. The smallest absolute Gasteiger partial charge is 0.262 e. The summed E-state index contributed by atoms with van der Waals surface area (Å²) < 4.78 is 36.7. The Kier molecular flexibility index (Phi) is 10.5. The van der Waals surface area contributed by atoms with Crippen LogP contribution in [0.1, 0.15) is 82.7 Å². The maximum atomic E-state index is 15.2. The highest BCUT2D eigenvalue weighted by Crippen LogP contribution is 2.55. The first-order valence-corrected chi connectivity index (χ1v) is 17.9. The predicted molar refractivity (Wildman–Crippen MR) is 194 cm³/mol. The maximum Gasteiger partial charge on any atom is 0.262 e. The van der Waals surface area contributed by atoms with E-state index < -0.39 is 69.6 Å². The first-order valence-electron chi connectivity index (χ1n) is 17.5. The van der Waals surface area contributed by atoms with Gasteiger partial charge in [-0.3, -0.25) is 34.2 Å². The fraction of sp³-hybridized carbons (Fsp3) is 0.385. The van der Waals surface area contributed by atoms with Gasteiger partial charge < -0.3 is 20.7 Å². The topological polar surface area (TPSA) is 170 Å². The van der Waals surface area contributed by atoms with Crippen LogP contribution in [0.3, 0.4) is 0 Å². The molecule has 12 nitrogen and oxygen atoms in total. The van der Waals surface area contributed by atoms with Crippen molar-refractivity contribution < 1.29 is 37.5 Å². The van der Waals surface area contributed by atoms with Gasteiger partial charge in [0.15, 0.2) is 0 Å². The van der Waals surface area contributed by atoms with Gasteiger partial charge in [-0.25, -0.2) is 8.78 Å². The number of carbonyl (C=O) groups is 5. The molecule has 5 amide bonds. The zero-order chi connectivity index (χ0) is 39.1. The first kappa shape index (κ1) is 38.3. The van der Waals surface area contributed by atoms with Crippen LogP contribution in [0, 0.1) is 33.8 Å². The van der Waals surface area contributed by atoms with E-state index >= 15 is 8.78 Å². The number of benzene rings is 3. The average Bonchev–Trinajstić information content (AvgIpc) is 3.35. The lowest BCUT2D eigenvalue weighted by molar-refractivity contribution is -0.164. The molecule has 1 saturated carbocycles. The second-order valence-corrected chi connectivity index (χ2v) is 15.3. The lowest BCUT2D eigenvalue weighted by Crippen LogP contribution is -2.74. The van der Waals surface area contributed by atoms with Gasteiger partial charge in [0.05, 0.1) is 21.7 Å². The van der Waals surface area contributed by atoms with Gasteiger partial charge in [0.2, 0.25) is 11.8 Å². The van der Waals surface area contributed by atoms with Crippen molar-refractivity contribution in [1.82, 2.24) is 20.9 Å². The maximum absolute atomic E-state index is 15.2. The molecule has 15 heteroatoms. The van der Waals surface area contributed by atoms with Gasteiger partial charge in [-0.1, -0.05) is 39.3 Å². The highest BCUT2D eigenvalue weighted by molar-refractivity contribution is 6.31. The van der Waals surface area contributed by atoms with E-state index in [1.54, 1.807) is 24.3 Å². The molecule has 2 heterocycles. The molecule has 1 saturated heterocycles. The number of hydrogen-bond donors (Lipinski definition) is 4. The second-order valence-electron chi connectivity index (χ2n) is 14.9. The molecule has 0 aromatic heterocycles. The third-order valence-corrected chi connectivity index (χ3v) is 10.7. The van der Waals surface area contributed by atoms with E-state index in [1.165, 1.54) is 12.1 Å². The average molecular weight is 761 g/mol. The molecule has 3 aliphatic rings. The zero-order valence-corrected chi connectivity index (χ0v) is 30.8. The molecule has 1 atom stereocenters. The number of rotatable bonds is 12. The van der Waals surface area contributed by atoms with Crippen LogP contribution in [0.5, 0.6) is 5.75 Å². The molecular formula is C39H39ClF2N6O6. The summed E-state index contributed by atoms with van der Waals surface area (Å²) in [6.07, 6.45) is -0.00527. The molecule has 0 radical (unpaired) electrons. The number of ether oxygens (including phenoxy) is 1. The van der Waals surface area contributed by atoms with Crippen LogP contribution >= 0.6 is 11.6 Å². The lowest BCUT2D eigenvalue weighted by atomic mass is 9.49. The Bertz CT molecular complexity index is 2080. The monoisotopic (exact) mass is 760 g/mol. The minimum absolute atomic E-state index is 0.0336. The van der Waals surface area contributed by atoms with Gasteiger partial charge >= 0.3 is 0 Å². The number of fused-ring (bicyclic) bond motifs is 1. The van der Waals surface area contributed by atoms with E-state index in [2.05, 4.69) is 21.3 Å². The number of carbonyl (C=O) groups excluding carboxylic acids is 5. The van der Waals surface area contributed by atoms with Crippen molar-refractivity contribution in [3.8, 4) is 11.8 Å². The fourth-order valence-electron chi connectivity index (χ4n) is 8.02. The summed E-state index contributed by atoms with van der Waals surface area (Å²) in [7, 11) is 0. The molecule has 0 bridgehead atoms. The molecule has 6 rings (SSSR count). The zero-order valence-electron chi connectivity index (χ0n) is 30.1. The predicted octanol–water partition coefficient (Wildman–Crippen LogP) is 4.75. The summed E-state index contributed by atoms with van der Waals surface area (Å²) >= 11 is 6.17. The second kappa shape index (κ2) is 14.8. The number of halogens is 3. The minimum Gasteiger partial charge on any atom is -0.489 e. The van der Waals surface area contributed by atoms with E-state index in [-0.39, 0.29) is 41.5 Å². The first-order chi connectivity index (χ1) is 25.5. The van der Waals surface area contributed by atoms with Crippen molar-refractivity contribution in [2.75, 3.05) is 25.0 Å². The Balaban J connectivity index is 0.979. The summed E-state index contributed by atoms with van der Waals surface area (Å²) in [5, 5.41) is 20.7. The molecule has 3 aromatic rings. The Hall–Kier alpha value is -5.39. The summed E-state index contributed by atoms with van der Waals surface area (Å²) in [5.41, 5.74) is -0.314. The molecule has 282 valence electrons. The van der Waals surface area contributed by atoms with Crippen LogP contribution in [0.15, 0.2) is 48.5 Å². The van der Waals surface area contributed by atoms with Crippen molar-refractivity contribution in [2.24, 2.45) is 10.8 Å². The summed E-state index contributed by atoms with van der Waals surface area (Å²) in [4.78, 5) is 63.9. The largest absolute Gasteiger partial charge is 0.489 e. The molecule has 4 N–H and O–H groups in total. The van der Waals surface area contributed by atoms with Crippen molar-refractivity contribution in [3.05, 3.63) is 93.0 Å². The summed E-state index contributed by atoms with van der Waals surface area (Å²) in [6.45, 7) is 8.82. The highest BCUT2D eigenvalue weighted by atomic mass is 35.5. The number of nitrogens with zero attached hydrogens (tertiary/aromatic N) is 2. The molecule has 54 heavy (non-hydrogen) atoms. The molecule has 2 aliphatic heterocycles. The number of imide groups is 2. The van der Waals surface area contributed by atoms with Crippen LogP contribution < -0.4 is 26.0 Å². The molecule has 3 aromatic carbocycles. The van der Waals surface area contributed by atoms with E-state index in [9.17, 15) is 24.0 Å². The Labute approximate surface area is 315 Å². The van der Waals surface area contributed by atoms with Gasteiger partial charge in [-0.15, -0.1) is 0 Å². The van der Waals surface area contributed by atoms with E-state index in [0.717, 1.165) is 17.0 Å². The van der Waals surface area contributed by atoms with Crippen LogP contribution in [-0.4, -0.2) is 72.3 Å². The number of nitrogens with one attached hydrogen (secondary N) is 4. The standard InChI is InChI=1S/C39H39ClF2N6O6/c1-38(2)36(39(3,4)37(38)54-23-7-5-21(19-43)26(40)18-23)47-33(51)31-27(41)15-20(16-28(31)42)11-12-44-13-14-45-22-6-8-24-25(17-22)35(53)48(34(24)52)29-9-10-30(49)46-32(29)50/h5-8,15-18,29,36-37,44-45H,9-14H2,1-4H3,(H,47,51)(H,46,49,50)/t29?,36-,37-. The molecule has 0 spiro atoms. The van der Waals surface area contributed by atoms with Crippen LogP contribution in [0.2, 0.25) is 5.02 Å². The van der Waals surface area contributed by atoms with Crippen LogP contribution in [0.25, 0.3) is 0 Å². The van der Waals surface area contributed by atoms with E-state index in [4.69, 9.17) is 21.6 Å². The quantitative estimate of drug-likeness (QED) is 0.150. The number of hydrogen-bond acceptors (Lipinski definition) is 9. The van der Waals surface area contributed by atoms with E-state index in [1.807, 2.05) is 33.8 Å². The van der Waals surface area contributed by atoms with Crippen molar-refractivity contribution >= 4 is 46.8 Å². The molecule has 1 aliphatic carbocycles. The van der Waals surface area contributed by atoms with Gasteiger partial charge in [0.1, 0.15) is 41.2 Å².